The largest absolute Gasteiger partial charge is 0.480 e. The highest BCUT2D eigenvalue weighted by molar-refractivity contribution is 7.98. The quantitative estimate of drug-likeness (QED) is 0.791. The van der Waals surface area contributed by atoms with Gasteiger partial charge < -0.3 is 5.11 Å². The van der Waals surface area contributed by atoms with Crippen LogP contribution in [0.2, 0.25) is 0 Å². The molecule has 0 saturated heterocycles. The fourth-order valence-corrected chi connectivity index (χ4v) is 2.26. The van der Waals surface area contributed by atoms with Gasteiger partial charge in [0.25, 0.3) is 0 Å². The standard InChI is InChI=1S/C13H19NO2S/c1-10(2)14(9-13(15)16)8-11-6-4-5-7-12(11)17-3/h4-7,10H,8-9H2,1-3H3,(H,15,16). The summed E-state index contributed by atoms with van der Waals surface area (Å²) in [6.07, 6.45) is 2.04. The van der Waals surface area contributed by atoms with E-state index in [-0.39, 0.29) is 12.6 Å². The zero-order valence-electron chi connectivity index (χ0n) is 10.5. The number of hydrogen-bond acceptors (Lipinski definition) is 3. The maximum Gasteiger partial charge on any atom is 0.317 e. The van der Waals surface area contributed by atoms with E-state index in [1.807, 2.05) is 37.1 Å². The number of carboxylic acids is 1. The molecule has 3 nitrogen and oxygen atoms in total. The highest BCUT2D eigenvalue weighted by Gasteiger charge is 2.14. The molecular weight excluding hydrogens is 234 g/mol. The van der Waals surface area contributed by atoms with Crippen molar-refractivity contribution in [3.8, 4) is 0 Å². The molecule has 0 saturated carbocycles. The van der Waals surface area contributed by atoms with Crippen molar-refractivity contribution in [1.29, 1.82) is 0 Å². The van der Waals surface area contributed by atoms with Gasteiger partial charge in [0.15, 0.2) is 0 Å². The third-order valence-electron chi connectivity index (χ3n) is 2.63. The second-order valence-electron chi connectivity index (χ2n) is 4.20. The molecule has 0 amide bonds. The molecule has 0 aliphatic rings. The van der Waals surface area contributed by atoms with Gasteiger partial charge in [-0.25, -0.2) is 0 Å². The summed E-state index contributed by atoms with van der Waals surface area (Å²) in [6, 6.07) is 8.35. The number of aliphatic carboxylic acids is 1. The van der Waals surface area contributed by atoms with Crippen molar-refractivity contribution in [2.45, 2.75) is 31.3 Å². The number of carbonyl (C=O) groups is 1. The first-order valence-electron chi connectivity index (χ1n) is 5.62. The predicted octanol–water partition coefficient (Wildman–Crippen LogP) is 2.70. The molecule has 0 aromatic heterocycles. The lowest BCUT2D eigenvalue weighted by atomic mass is 10.2. The Kier molecular flexibility index (Phi) is 5.51. The molecule has 0 spiro atoms. The average Bonchev–Trinajstić information content (AvgIpc) is 2.28. The summed E-state index contributed by atoms with van der Waals surface area (Å²) >= 11 is 1.69. The molecule has 0 fully saturated rings. The van der Waals surface area contributed by atoms with E-state index in [2.05, 4.69) is 12.1 Å². The Morgan fingerprint density at radius 3 is 2.59 bits per heavy atom. The molecule has 94 valence electrons. The van der Waals surface area contributed by atoms with Gasteiger partial charge in [0.2, 0.25) is 0 Å². The summed E-state index contributed by atoms with van der Waals surface area (Å²) in [4.78, 5) is 14.0. The van der Waals surface area contributed by atoms with E-state index in [4.69, 9.17) is 5.11 Å². The van der Waals surface area contributed by atoms with E-state index in [0.717, 1.165) is 0 Å². The summed E-state index contributed by atoms with van der Waals surface area (Å²) < 4.78 is 0. The third-order valence-corrected chi connectivity index (χ3v) is 3.47. The van der Waals surface area contributed by atoms with Crippen molar-refractivity contribution >= 4 is 17.7 Å². The highest BCUT2D eigenvalue weighted by Crippen LogP contribution is 2.21. The molecular formula is C13H19NO2S. The van der Waals surface area contributed by atoms with Crippen LogP contribution in [0.3, 0.4) is 0 Å². The Morgan fingerprint density at radius 2 is 2.06 bits per heavy atom. The second-order valence-corrected chi connectivity index (χ2v) is 5.05. The molecule has 0 aliphatic carbocycles. The Labute approximate surface area is 107 Å². The van der Waals surface area contributed by atoms with E-state index < -0.39 is 5.97 Å². The average molecular weight is 253 g/mol. The van der Waals surface area contributed by atoms with Gasteiger partial charge in [-0.15, -0.1) is 11.8 Å². The number of nitrogens with zero attached hydrogens (tertiary/aromatic N) is 1. The van der Waals surface area contributed by atoms with Crippen LogP contribution >= 0.6 is 11.8 Å². The molecule has 17 heavy (non-hydrogen) atoms. The minimum absolute atomic E-state index is 0.0837. The Morgan fingerprint density at radius 1 is 1.41 bits per heavy atom. The van der Waals surface area contributed by atoms with Crippen molar-refractivity contribution in [2.24, 2.45) is 0 Å². The minimum Gasteiger partial charge on any atom is -0.480 e. The Balaban J connectivity index is 2.81. The summed E-state index contributed by atoms with van der Waals surface area (Å²) in [5, 5.41) is 8.89. The van der Waals surface area contributed by atoms with Gasteiger partial charge >= 0.3 is 5.97 Å². The van der Waals surface area contributed by atoms with Crippen LogP contribution in [0.4, 0.5) is 0 Å². The van der Waals surface area contributed by atoms with Gasteiger partial charge in [0, 0.05) is 17.5 Å². The van der Waals surface area contributed by atoms with Crippen LogP contribution in [0.15, 0.2) is 29.2 Å². The van der Waals surface area contributed by atoms with Crippen LogP contribution in [0.5, 0.6) is 0 Å². The minimum atomic E-state index is -0.777. The second kappa shape index (κ2) is 6.67. The monoisotopic (exact) mass is 253 g/mol. The number of rotatable bonds is 6. The number of carboxylic acid groups (broad SMARTS) is 1. The fraction of sp³-hybridized carbons (Fsp3) is 0.462. The van der Waals surface area contributed by atoms with E-state index in [0.29, 0.717) is 6.54 Å². The zero-order valence-corrected chi connectivity index (χ0v) is 11.3. The maximum atomic E-state index is 10.8. The van der Waals surface area contributed by atoms with E-state index >= 15 is 0 Å². The van der Waals surface area contributed by atoms with E-state index in [9.17, 15) is 4.79 Å². The maximum absolute atomic E-state index is 10.8. The topological polar surface area (TPSA) is 40.5 Å². The van der Waals surface area contributed by atoms with Crippen molar-refractivity contribution in [3.63, 3.8) is 0 Å². The summed E-state index contributed by atoms with van der Waals surface area (Å²) in [5.41, 5.74) is 1.19. The van der Waals surface area contributed by atoms with Gasteiger partial charge in [-0.05, 0) is 31.7 Å². The predicted molar refractivity (Wildman–Crippen MR) is 71.4 cm³/mol. The van der Waals surface area contributed by atoms with Crippen LogP contribution in [0.1, 0.15) is 19.4 Å². The SMILES string of the molecule is CSc1ccccc1CN(CC(=O)O)C(C)C. The van der Waals surface area contributed by atoms with Gasteiger partial charge in [0.05, 0.1) is 6.54 Å². The van der Waals surface area contributed by atoms with E-state index in [1.54, 1.807) is 11.8 Å². The van der Waals surface area contributed by atoms with Crippen LogP contribution in [-0.2, 0) is 11.3 Å². The summed E-state index contributed by atoms with van der Waals surface area (Å²) in [7, 11) is 0. The highest BCUT2D eigenvalue weighted by atomic mass is 32.2. The molecule has 0 bridgehead atoms. The molecule has 0 unspecified atom stereocenters. The number of benzene rings is 1. The molecule has 1 N–H and O–H groups in total. The molecule has 4 heteroatoms. The van der Waals surface area contributed by atoms with Gasteiger partial charge in [0.1, 0.15) is 0 Å². The van der Waals surface area contributed by atoms with E-state index in [1.165, 1.54) is 10.5 Å². The molecule has 0 atom stereocenters. The lowest BCUT2D eigenvalue weighted by molar-refractivity contribution is -0.138. The third kappa shape index (κ3) is 4.40. The van der Waals surface area contributed by atoms with Crippen LogP contribution in [0.25, 0.3) is 0 Å². The molecule has 0 heterocycles. The lowest BCUT2D eigenvalue weighted by Crippen LogP contribution is -2.35. The molecule has 1 aromatic carbocycles. The number of thioether (sulfide) groups is 1. The Bertz CT molecular complexity index is 379. The molecule has 0 radical (unpaired) electrons. The molecule has 1 aromatic rings. The first-order chi connectivity index (χ1) is 8.04. The van der Waals surface area contributed by atoms with Crippen molar-refractivity contribution in [2.75, 3.05) is 12.8 Å². The van der Waals surface area contributed by atoms with Crippen molar-refractivity contribution in [1.82, 2.24) is 4.90 Å². The first kappa shape index (κ1) is 14.1. The summed E-state index contributed by atoms with van der Waals surface area (Å²) in [5.74, 6) is -0.777. The number of hydrogen-bond donors (Lipinski definition) is 1. The first-order valence-corrected chi connectivity index (χ1v) is 6.84. The fourth-order valence-electron chi connectivity index (χ4n) is 1.65. The zero-order chi connectivity index (χ0) is 12.8. The normalized spacial score (nSPS) is 11.1. The van der Waals surface area contributed by atoms with Crippen LogP contribution in [0, 0.1) is 0 Å². The van der Waals surface area contributed by atoms with Crippen molar-refractivity contribution < 1.29 is 9.90 Å². The smallest absolute Gasteiger partial charge is 0.317 e. The molecule has 0 aliphatic heterocycles. The van der Waals surface area contributed by atoms with Crippen molar-refractivity contribution in [3.05, 3.63) is 29.8 Å². The van der Waals surface area contributed by atoms with Crippen LogP contribution in [-0.4, -0.2) is 34.8 Å². The van der Waals surface area contributed by atoms with Crippen LogP contribution < -0.4 is 0 Å². The van der Waals surface area contributed by atoms with Gasteiger partial charge in [-0.2, -0.15) is 0 Å². The lowest BCUT2D eigenvalue weighted by Gasteiger charge is -2.25. The van der Waals surface area contributed by atoms with Gasteiger partial charge in [-0.1, -0.05) is 18.2 Å². The Hall–Kier alpha value is -1.00. The molecule has 1 rings (SSSR count). The summed E-state index contributed by atoms with van der Waals surface area (Å²) in [6.45, 7) is 4.80. The van der Waals surface area contributed by atoms with Gasteiger partial charge in [-0.3, -0.25) is 9.69 Å².